The van der Waals surface area contributed by atoms with Crippen LogP contribution in [-0.4, -0.2) is 5.11 Å². The molecule has 2 nitrogen and oxygen atoms in total. The number of rotatable bonds is 2. The lowest BCUT2D eigenvalue weighted by Crippen LogP contribution is -1.96. The minimum atomic E-state index is -0.715. The monoisotopic (exact) mass is 178 g/mol. The molecule has 2 heteroatoms. The van der Waals surface area contributed by atoms with E-state index in [-0.39, 0.29) is 6.10 Å². The highest BCUT2D eigenvalue weighted by molar-refractivity contribution is 5.33. The Hall–Kier alpha value is -0.860. The predicted molar refractivity (Wildman–Crippen MR) is 50.1 cm³/mol. The highest BCUT2D eigenvalue weighted by Gasteiger charge is 2.28. The van der Waals surface area contributed by atoms with Crippen molar-refractivity contribution in [3.05, 3.63) is 35.4 Å². The second kappa shape index (κ2) is 3.48. The molecular weight excluding hydrogens is 164 g/mol. The van der Waals surface area contributed by atoms with Crippen molar-refractivity contribution in [1.29, 1.82) is 0 Å². The molecule has 1 aromatic carbocycles. The molecular formula is C11H14O2. The zero-order valence-corrected chi connectivity index (χ0v) is 7.73. The fourth-order valence-electron chi connectivity index (χ4n) is 1.82. The Balaban J connectivity index is 2.30. The SMILES string of the molecule is CCCC1OC(O)c2ccccc21. The van der Waals surface area contributed by atoms with Crippen molar-refractivity contribution in [2.24, 2.45) is 0 Å². The van der Waals surface area contributed by atoms with Crippen molar-refractivity contribution >= 4 is 0 Å². The Morgan fingerprint density at radius 1 is 1.31 bits per heavy atom. The van der Waals surface area contributed by atoms with Crippen molar-refractivity contribution in [1.82, 2.24) is 0 Å². The Bertz CT molecular complexity index is 296. The number of aliphatic hydroxyl groups excluding tert-OH is 1. The molecule has 0 fully saturated rings. The molecule has 1 aromatic rings. The molecule has 0 saturated heterocycles. The molecule has 0 radical (unpaired) electrons. The first-order valence-corrected chi connectivity index (χ1v) is 4.75. The minimum absolute atomic E-state index is 0.0937. The summed E-state index contributed by atoms with van der Waals surface area (Å²) in [6, 6.07) is 7.88. The standard InChI is InChI=1S/C11H14O2/c1-2-5-10-8-6-3-4-7-9(8)11(12)13-10/h3-4,6-7,10-12H,2,5H2,1H3. The summed E-state index contributed by atoms with van der Waals surface area (Å²) in [4.78, 5) is 0. The van der Waals surface area contributed by atoms with Crippen LogP contribution in [0.4, 0.5) is 0 Å². The second-order valence-electron chi connectivity index (χ2n) is 3.39. The van der Waals surface area contributed by atoms with Crippen molar-refractivity contribution in [2.75, 3.05) is 0 Å². The van der Waals surface area contributed by atoms with E-state index in [0.717, 1.165) is 24.0 Å². The van der Waals surface area contributed by atoms with Gasteiger partial charge in [0.2, 0.25) is 0 Å². The van der Waals surface area contributed by atoms with Gasteiger partial charge in [0.05, 0.1) is 6.10 Å². The van der Waals surface area contributed by atoms with Gasteiger partial charge < -0.3 is 9.84 Å². The summed E-state index contributed by atoms with van der Waals surface area (Å²) in [7, 11) is 0. The lowest BCUT2D eigenvalue weighted by Gasteiger charge is -2.09. The lowest BCUT2D eigenvalue weighted by molar-refractivity contribution is -0.122. The predicted octanol–water partition coefficient (Wildman–Crippen LogP) is 2.55. The van der Waals surface area contributed by atoms with Gasteiger partial charge in [-0.3, -0.25) is 0 Å². The number of hydrogen-bond acceptors (Lipinski definition) is 2. The average Bonchev–Trinajstić information content (AvgIpc) is 2.46. The van der Waals surface area contributed by atoms with Gasteiger partial charge in [0.15, 0.2) is 6.29 Å². The van der Waals surface area contributed by atoms with Crippen LogP contribution in [0.5, 0.6) is 0 Å². The van der Waals surface area contributed by atoms with Crippen LogP contribution < -0.4 is 0 Å². The lowest BCUT2D eigenvalue weighted by atomic mass is 10.0. The largest absolute Gasteiger partial charge is 0.364 e. The second-order valence-corrected chi connectivity index (χ2v) is 3.39. The van der Waals surface area contributed by atoms with Gasteiger partial charge in [-0.25, -0.2) is 0 Å². The maximum absolute atomic E-state index is 9.56. The third kappa shape index (κ3) is 1.47. The third-order valence-electron chi connectivity index (χ3n) is 2.45. The number of hydrogen-bond donors (Lipinski definition) is 1. The van der Waals surface area contributed by atoms with Gasteiger partial charge in [0, 0.05) is 5.56 Å². The third-order valence-corrected chi connectivity index (χ3v) is 2.45. The molecule has 1 aliphatic rings. The van der Waals surface area contributed by atoms with E-state index in [1.807, 2.05) is 24.3 Å². The Labute approximate surface area is 78.2 Å². The summed E-state index contributed by atoms with van der Waals surface area (Å²) in [5, 5.41) is 9.56. The molecule has 2 unspecified atom stereocenters. The Morgan fingerprint density at radius 3 is 2.69 bits per heavy atom. The molecule has 0 aliphatic carbocycles. The van der Waals surface area contributed by atoms with Gasteiger partial charge in [-0.15, -0.1) is 0 Å². The molecule has 2 atom stereocenters. The number of aliphatic hydroxyl groups is 1. The Morgan fingerprint density at radius 2 is 2.00 bits per heavy atom. The van der Waals surface area contributed by atoms with E-state index in [0.29, 0.717) is 0 Å². The molecule has 0 spiro atoms. The smallest absolute Gasteiger partial charge is 0.182 e. The molecule has 1 N–H and O–H groups in total. The summed E-state index contributed by atoms with van der Waals surface area (Å²) in [6.45, 7) is 2.12. The molecule has 1 aliphatic heterocycles. The molecule has 0 aromatic heterocycles. The fourth-order valence-corrected chi connectivity index (χ4v) is 1.82. The molecule has 0 amide bonds. The maximum Gasteiger partial charge on any atom is 0.182 e. The van der Waals surface area contributed by atoms with Crippen LogP contribution in [0.25, 0.3) is 0 Å². The first kappa shape index (κ1) is 8.73. The molecule has 1 heterocycles. The summed E-state index contributed by atoms with van der Waals surface area (Å²) < 4.78 is 5.43. The summed E-state index contributed by atoms with van der Waals surface area (Å²) in [5.74, 6) is 0. The van der Waals surface area contributed by atoms with Crippen LogP contribution in [0.3, 0.4) is 0 Å². The van der Waals surface area contributed by atoms with E-state index >= 15 is 0 Å². The first-order valence-electron chi connectivity index (χ1n) is 4.75. The first-order chi connectivity index (χ1) is 6.33. The fraction of sp³-hybridized carbons (Fsp3) is 0.455. The van der Waals surface area contributed by atoms with Crippen molar-refractivity contribution in [2.45, 2.75) is 32.2 Å². The highest BCUT2D eigenvalue weighted by atomic mass is 16.6. The topological polar surface area (TPSA) is 29.5 Å². The normalized spacial score (nSPS) is 26.0. The van der Waals surface area contributed by atoms with Gasteiger partial charge in [0.25, 0.3) is 0 Å². The quantitative estimate of drug-likeness (QED) is 0.754. The number of benzene rings is 1. The minimum Gasteiger partial charge on any atom is -0.364 e. The van der Waals surface area contributed by atoms with Crippen LogP contribution in [0.1, 0.15) is 43.3 Å². The van der Waals surface area contributed by atoms with E-state index in [1.165, 1.54) is 0 Å². The van der Waals surface area contributed by atoms with Crippen LogP contribution in [-0.2, 0) is 4.74 Å². The summed E-state index contributed by atoms with van der Waals surface area (Å²) >= 11 is 0. The highest BCUT2D eigenvalue weighted by Crippen LogP contribution is 2.39. The van der Waals surface area contributed by atoms with E-state index in [2.05, 4.69) is 6.92 Å². The van der Waals surface area contributed by atoms with Crippen molar-refractivity contribution in [3.8, 4) is 0 Å². The van der Waals surface area contributed by atoms with Crippen molar-refractivity contribution in [3.63, 3.8) is 0 Å². The van der Waals surface area contributed by atoms with Crippen LogP contribution >= 0.6 is 0 Å². The summed E-state index contributed by atoms with van der Waals surface area (Å²) in [5.41, 5.74) is 2.08. The average molecular weight is 178 g/mol. The summed E-state index contributed by atoms with van der Waals surface area (Å²) in [6.07, 6.45) is 1.43. The molecule has 13 heavy (non-hydrogen) atoms. The maximum atomic E-state index is 9.56. The van der Waals surface area contributed by atoms with Crippen molar-refractivity contribution < 1.29 is 9.84 Å². The zero-order valence-electron chi connectivity index (χ0n) is 7.73. The van der Waals surface area contributed by atoms with E-state index in [9.17, 15) is 5.11 Å². The van der Waals surface area contributed by atoms with Crippen LogP contribution in [0.2, 0.25) is 0 Å². The molecule has 2 rings (SSSR count). The Kier molecular flexibility index (Phi) is 2.34. The number of ether oxygens (including phenoxy) is 1. The van der Waals surface area contributed by atoms with E-state index < -0.39 is 6.29 Å². The van der Waals surface area contributed by atoms with E-state index in [4.69, 9.17) is 4.74 Å². The number of fused-ring (bicyclic) bond motifs is 1. The van der Waals surface area contributed by atoms with Crippen LogP contribution in [0, 0.1) is 0 Å². The van der Waals surface area contributed by atoms with Crippen LogP contribution in [0.15, 0.2) is 24.3 Å². The molecule has 70 valence electrons. The van der Waals surface area contributed by atoms with Gasteiger partial charge in [-0.05, 0) is 12.0 Å². The van der Waals surface area contributed by atoms with Gasteiger partial charge in [0.1, 0.15) is 0 Å². The van der Waals surface area contributed by atoms with Gasteiger partial charge >= 0.3 is 0 Å². The van der Waals surface area contributed by atoms with E-state index in [1.54, 1.807) is 0 Å². The zero-order chi connectivity index (χ0) is 9.26. The van der Waals surface area contributed by atoms with Gasteiger partial charge in [-0.2, -0.15) is 0 Å². The van der Waals surface area contributed by atoms with Gasteiger partial charge in [-0.1, -0.05) is 37.6 Å². The molecule has 0 bridgehead atoms. The molecule has 0 saturated carbocycles.